The van der Waals surface area contributed by atoms with Gasteiger partial charge in [0.25, 0.3) is 11.8 Å². The summed E-state index contributed by atoms with van der Waals surface area (Å²) in [5.74, 6) is -1.84. The average Bonchev–Trinajstić information content (AvgIpc) is 3.50. The molecule has 4 aliphatic heterocycles. The van der Waals surface area contributed by atoms with Crippen LogP contribution in [0.15, 0.2) is 59.1 Å². The number of nitrogens with one attached hydrogen (secondary N) is 1. The number of rotatable bonds is 6. The highest BCUT2D eigenvalue weighted by Gasteiger charge is 2.45. The van der Waals surface area contributed by atoms with E-state index >= 15 is 4.21 Å². The topological polar surface area (TPSA) is 168 Å². The predicted octanol–water partition coefficient (Wildman–Crippen LogP) is 6.22. The van der Waals surface area contributed by atoms with Crippen LogP contribution in [0, 0.1) is 35.0 Å². The minimum absolute atomic E-state index is 0.0373. The minimum atomic E-state index is -3.78. The predicted molar refractivity (Wildman–Crippen MR) is 259 cm³/mol. The molecule has 8 rings (SSSR count). The molecule has 1 aromatic heterocycles. The van der Waals surface area contributed by atoms with Crippen LogP contribution < -0.4 is 19.1 Å². The van der Waals surface area contributed by atoms with Gasteiger partial charge in [0.05, 0.1) is 50.4 Å². The van der Waals surface area contributed by atoms with Crippen LogP contribution in [0.5, 0.6) is 11.6 Å². The van der Waals surface area contributed by atoms with Crippen molar-refractivity contribution < 1.29 is 37.9 Å². The Labute approximate surface area is 400 Å². The minimum Gasteiger partial charge on any atom is -0.491 e. The third-order valence-corrected chi connectivity index (χ3v) is 17.0. The Hall–Kier alpha value is -4.48. The number of aryl methyl sites for hydroxylation is 2. The highest BCUT2D eigenvalue weighted by molar-refractivity contribution is 7.92. The van der Waals surface area contributed by atoms with Crippen molar-refractivity contribution in [2.45, 2.75) is 71.8 Å². The van der Waals surface area contributed by atoms with Gasteiger partial charge in [-0.05, 0) is 97.2 Å². The normalized spacial score (nSPS) is 31.0. The van der Waals surface area contributed by atoms with Crippen LogP contribution in [0.3, 0.4) is 0 Å². The SMILES string of the molecule is COc1nn(C)cc1C(=O)NS1(=O)=NC(=O)c2ccc3c(c2)N(C[C@H](C(C)C)[C@@H](C)[C@](O)(CC(=O)N2CCN4CCOC[C@@H](C4)C2)/C=C/C[C@H](C)C1)C[C@@]1(CCCc2cc(Cl)ccc2C1)CO3. The van der Waals surface area contributed by atoms with E-state index in [1.165, 1.54) is 29.1 Å². The molecule has 2 fully saturated rings. The Morgan fingerprint density at radius 1 is 1.09 bits per heavy atom. The molecule has 67 heavy (non-hydrogen) atoms. The van der Waals surface area contributed by atoms with Crippen LogP contribution in [0.1, 0.15) is 85.2 Å². The highest BCUT2D eigenvalue weighted by atomic mass is 35.5. The Morgan fingerprint density at radius 3 is 2.70 bits per heavy atom. The van der Waals surface area contributed by atoms with Gasteiger partial charge in [-0.2, -0.15) is 0 Å². The number of carbonyl (C=O) groups excluding carboxylic acids is 3. The van der Waals surface area contributed by atoms with Gasteiger partial charge in [0.2, 0.25) is 11.8 Å². The summed E-state index contributed by atoms with van der Waals surface area (Å²) in [6, 6.07) is 11.3. The van der Waals surface area contributed by atoms with Crippen molar-refractivity contribution in [2.75, 3.05) is 83.4 Å². The van der Waals surface area contributed by atoms with Gasteiger partial charge in [-0.25, -0.2) is 4.21 Å². The van der Waals surface area contributed by atoms with E-state index in [4.69, 9.17) is 25.8 Å². The number of amides is 3. The van der Waals surface area contributed by atoms with Crippen LogP contribution in [0.25, 0.3) is 0 Å². The largest absolute Gasteiger partial charge is 0.491 e. The van der Waals surface area contributed by atoms with Crippen molar-refractivity contribution >= 4 is 44.9 Å². The summed E-state index contributed by atoms with van der Waals surface area (Å²) >= 11 is 6.50. The zero-order valence-corrected chi connectivity index (χ0v) is 41.5. The standard InChI is InChI=1S/C50H68ClN7O8S/c1-33(2)41-28-58-31-49(15-8-10-37-21-40(51)13-11-39(37)23-49)32-66-44-14-12-38(22-43(44)58)46(60)53-67(63,54-47(61)42-27-55(5)52-48(42)64-6)30-34(3)9-7-16-50(62,35(41)4)24-45(59)57-18-17-56-19-20-65-29-36(25-56)26-57/h7,11-14,16,21-22,27,33-36,41,62H,8-10,15,17-20,23-26,28-32H2,1-6H3,(H,53,54,60,61,63)/b16-7+/t34-,35+,36-,41+,49-,50+,67?/m0/s1. The quantitative estimate of drug-likeness (QED) is 0.270. The molecule has 0 saturated carbocycles. The van der Waals surface area contributed by atoms with E-state index in [9.17, 15) is 19.5 Å². The summed E-state index contributed by atoms with van der Waals surface area (Å²) in [6.07, 6.45) is 8.76. The number of methoxy groups -OCH3 is 1. The van der Waals surface area contributed by atoms with Crippen molar-refractivity contribution in [3.05, 3.63) is 82.0 Å². The molecular formula is C50H68ClN7O8S. The Kier molecular flexibility index (Phi) is 14.8. The molecule has 4 bridgehead atoms. The number of nitrogens with zero attached hydrogens (tertiary/aromatic N) is 6. The Morgan fingerprint density at radius 2 is 1.91 bits per heavy atom. The maximum absolute atomic E-state index is 15.0. The van der Waals surface area contributed by atoms with E-state index in [0.29, 0.717) is 68.9 Å². The van der Waals surface area contributed by atoms with Crippen molar-refractivity contribution in [2.24, 2.45) is 46.4 Å². The Balaban J connectivity index is 1.21. The molecule has 1 aliphatic carbocycles. The summed E-state index contributed by atoms with van der Waals surface area (Å²) in [6.45, 7) is 14.6. The van der Waals surface area contributed by atoms with E-state index in [0.717, 1.165) is 45.3 Å². The molecule has 2 unspecified atom stereocenters. The summed E-state index contributed by atoms with van der Waals surface area (Å²) in [5, 5.41) is 18.1. The van der Waals surface area contributed by atoms with E-state index < -0.39 is 39.2 Å². The molecule has 2 N–H and O–H groups in total. The maximum Gasteiger partial charge on any atom is 0.286 e. The van der Waals surface area contributed by atoms with Crippen molar-refractivity contribution in [1.29, 1.82) is 0 Å². The van der Waals surface area contributed by atoms with Crippen LogP contribution in [0.2, 0.25) is 5.02 Å². The van der Waals surface area contributed by atoms with Crippen LogP contribution >= 0.6 is 11.6 Å². The summed E-state index contributed by atoms with van der Waals surface area (Å²) in [7, 11) is -0.753. The number of aromatic nitrogens is 2. The van der Waals surface area contributed by atoms with Crippen molar-refractivity contribution in [3.63, 3.8) is 0 Å². The number of hydrogen-bond acceptors (Lipinski definition) is 11. The summed E-state index contributed by atoms with van der Waals surface area (Å²) < 4.78 is 41.4. The molecule has 8 atom stereocenters. The van der Waals surface area contributed by atoms with E-state index in [1.54, 1.807) is 31.3 Å². The average molecular weight is 963 g/mol. The van der Waals surface area contributed by atoms with E-state index in [1.807, 2.05) is 24.0 Å². The number of allylic oxidation sites excluding steroid dienone is 1. The first-order valence-electron chi connectivity index (χ1n) is 23.9. The van der Waals surface area contributed by atoms with Crippen LogP contribution in [0.4, 0.5) is 5.69 Å². The Bertz CT molecular complexity index is 2490. The van der Waals surface area contributed by atoms with Gasteiger partial charge >= 0.3 is 0 Å². The third kappa shape index (κ3) is 11.2. The fourth-order valence-electron chi connectivity index (χ4n) is 11.0. The second kappa shape index (κ2) is 20.2. The van der Waals surface area contributed by atoms with E-state index in [-0.39, 0.29) is 58.3 Å². The highest BCUT2D eigenvalue weighted by Crippen LogP contribution is 2.45. The van der Waals surface area contributed by atoms with Crippen molar-refractivity contribution in [1.82, 2.24) is 24.3 Å². The number of carbonyl (C=O) groups is 3. The second-order valence-electron chi connectivity index (χ2n) is 20.3. The number of fused-ring (bicyclic) bond motifs is 4. The first-order chi connectivity index (χ1) is 31.9. The molecular weight excluding hydrogens is 894 g/mol. The summed E-state index contributed by atoms with van der Waals surface area (Å²) in [4.78, 5) is 49.4. The number of benzene rings is 2. The molecule has 15 nitrogen and oxygen atoms in total. The van der Waals surface area contributed by atoms with Gasteiger partial charge in [0.15, 0.2) is 0 Å². The van der Waals surface area contributed by atoms with Crippen LogP contribution in [-0.4, -0.2) is 131 Å². The van der Waals surface area contributed by atoms with Crippen molar-refractivity contribution in [3.8, 4) is 11.6 Å². The second-order valence-corrected chi connectivity index (χ2v) is 22.8. The number of anilines is 1. The third-order valence-electron chi connectivity index (χ3n) is 14.8. The maximum atomic E-state index is 15.0. The first-order valence-corrected chi connectivity index (χ1v) is 26.0. The number of aliphatic hydroxyl groups is 1. The zero-order chi connectivity index (χ0) is 47.7. The molecule has 2 saturated heterocycles. The molecule has 364 valence electrons. The lowest BCUT2D eigenvalue weighted by molar-refractivity contribution is -0.138. The monoisotopic (exact) mass is 961 g/mol. The molecule has 5 heterocycles. The first kappa shape index (κ1) is 49.0. The zero-order valence-electron chi connectivity index (χ0n) is 39.9. The number of ether oxygens (including phenoxy) is 3. The smallest absolute Gasteiger partial charge is 0.286 e. The molecule has 0 radical (unpaired) electrons. The molecule has 2 aromatic carbocycles. The number of hydrogen-bond donors (Lipinski definition) is 2. The summed E-state index contributed by atoms with van der Waals surface area (Å²) in [5.41, 5.74) is 1.50. The number of halogens is 1. The fourth-order valence-corrected chi connectivity index (χ4v) is 13.1. The molecule has 5 aliphatic rings. The lowest BCUT2D eigenvalue weighted by Crippen LogP contribution is -2.50. The van der Waals surface area contributed by atoms with Crippen LogP contribution in [-0.2, 0) is 39.3 Å². The molecule has 3 aromatic rings. The lowest BCUT2D eigenvalue weighted by atomic mass is 9.71. The molecule has 17 heteroatoms. The van der Waals surface area contributed by atoms with Gasteiger partial charge in [-0.1, -0.05) is 57.5 Å². The fraction of sp³-hybridized carbons (Fsp3) is 0.600. The van der Waals surface area contributed by atoms with Gasteiger partial charge in [-0.3, -0.25) is 28.7 Å². The lowest BCUT2D eigenvalue weighted by Gasteiger charge is -2.43. The molecule has 3 amide bonds. The van der Waals surface area contributed by atoms with Gasteiger partial charge in [0, 0.05) is 81.0 Å². The van der Waals surface area contributed by atoms with Gasteiger partial charge < -0.3 is 29.1 Å². The molecule has 1 spiro atoms. The van der Waals surface area contributed by atoms with Gasteiger partial charge in [0.1, 0.15) is 21.2 Å². The van der Waals surface area contributed by atoms with Gasteiger partial charge in [-0.15, -0.1) is 9.46 Å². The van der Waals surface area contributed by atoms with E-state index in [2.05, 4.69) is 56.9 Å².